The van der Waals surface area contributed by atoms with E-state index in [-0.39, 0.29) is 5.78 Å². The molecule has 0 heterocycles. The fourth-order valence-corrected chi connectivity index (χ4v) is 3.34. The van der Waals surface area contributed by atoms with Crippen LogP contribution >= 0.6 is 12.6 Å². The van der Waals surface area contributed by atoms with Gasteiger partial charge >= 0.3 is 0 Å². The maximum atomic E-state index is 11.5. The Labute approximate surface area is 158 Å². The molecule has 0 fully saturated rings. The molecule has 26 heavy (non-hydrogen) atoms. The summed E-state index contributed by atoms with van der Waals surface area (Å²) in [5.41, 5.74) is 2.45. The molecule has 1 nitrogen and oxygen atoms in total. The van der Waals surface area contributed by atoms with Crippen molar-refractivity contribution in [2.75, 3.05) is 0 Å². The van der Waals surface area contributed by atoms with E-state index in [1.165, 1.54) is 16.2 Å². The van der Waals surface area contributed by atoms with E-state index in [0.717, 1.165) is 21.4 Å². The molecular formula is C24H16OS. The second kappa shape index (κ2) is 6.71. The van der Waals surface area contributed by atoms with Crippen molar-refractivity contribution in [2.24, 2.45) is 0 Å². The molecule has 0 radical (unpaired) electrons. The quantitative estimate of drug-likeness (QED) is 0.196. The van der Waals surface area contributed by atoms with Crippen LogP contribution in [0.2, 0.25) is 0 Å². The molecule has 0 amide bonds. The lowest BCUT2D eigenvalue weighted by Gasteiger charge is -2.04. The van der Waals surface area contributed by atoms with Gasteiger partial charge in [-0.1, -0.05) is 54.3 Å². The zero-order valence-corrected chi connectivity index (χ0v) is 15.2. The van der Waals surface area contributed by atoms with Gasteiger partial charge in [-0.2, -0.15) is 0 Å². The van der Waals surface area contributed by atoms with Gasteiger partial charge in [0.25, 0.3) is 0 Å². The van der Waals surface area contributed by atoms with Crippen LogP contribution in [-0.2, 0) is 0 Å². The fourth-order valence-electron chi connectivity index (χ4n) is 3.07. The zero-order chi connectivity index (χ0) is 18.1. The topological polar surface area (TPSA) is 17.1 Å². The third-order valence-corrected chi connectivity index (χ3v) is 4.85. The minimum atomic E-state index is 0.0285. The van der Waals surface area contributed by atoms with E-state index in [1.54, 1.807) is 19.1 Å². The summed E-state index contributed by atoms with van der Waals surface area (Å²) in [6, 6.07) is 24.3. The molecule has 0 aliphatic heterocycles. The van der Waals surface area contributed by atoms with E-state index < -0.39 is 0 Å². The summed E-state index contributed by atoms with van der Waals surface area (Å²) in [6.45, 7) is 1.55. The lowest BCUT2D eigenvalue weighted by molar-refractivity contribution is 0.101. The molecule has 0 spiro atoms. The molecule has 0 unspecified atom stereocenters. The SMILES string of the molecule is CC(=O)c1ccc(C#Cc2cccc3cc4ccccc4cc23)c(S)c1. The zero-order valence-electron chi connectivity index (χ0n) is 14.3. The monoisotopic (exact) mass is 352 g/mol. The van der Waals surface area contributed by atoms with Crippen molar-refractivity contribution in [3.05, 3.63) is 89.5 Å². The third kappa shape index (κ3) is 3.10. The van der Waals surface area contributed by atoms with Crippen LogP contribution in [0.1, 0.15) is 28.4 Å². The summed E-state index contributed by atoms with van der Waals surface area (Å²) in [5.74, 6) is 6.50. The highest BCUT2D eigenvalue weighted by Crippen LogP contribution is 2.25. The number of hydrogen-bond acceptors (Lipinski definition) is 2. The Bertz CT molecular complexity index is 1230. The largest absolute Gasteiger partial charge is 0.295 e. The van der Waals surface area contributed by atoms with Gasteiger partial charge in [-0.15, -0.1) is 12.6 Å². The fraction of sp³-hybridized carbons (Fsp3) is 0.0417. The van der Waals surface area contributed by atoms with Gasteiger partial charge in [0, 0.05) is 21.6 Å². The molecule has 2 heteroatoms. The highest BCUT2D eigenvalue weighted by atomic mass is 32.1. The Morgan fingerprint density at radius 2 is 1.46 bits per heavy atom. The molecular weight excluding hydrogens is 336 g/mol. The maximum Gasteiger partial charge on any atom is 0.159 e. The molecule has 0 saturated carbocycles. The summed E-state index contributed by atoms with van der Waals surface area (Å²) < 4.78 is 0. The van der Waals surface area contributed by atoms with E-state index in [1.807, 2.05) is 24.3 Å². The molecule has 0 saturated heterocycles. The first-order valence-corrected chi connectivity index (χ1v) is 8.84. The molecule has 4 rings (SSSR count). The second-order valence-corrected chi connectivity index (χ2v) is 6.75. The normalized spacial score (nSPS) is 10.5. The van der Waals surface area contributed by atoms with E-state index >= 15 is 0 Å². The maximum absolute atomic E-state index is 11.5. The van der Waals surface area contributed by atoms with Crippen LogP contribution in [-0.4, -0.2) is 5.78 Å². The average molecular weight is 352 g/mol. The summed E-state index contributed by atoms with van der Waals surface area (Å²) in [4.78, 5) is 12.2. The Morgan fingerprint density at radius 1 is 0.769 bits per heavy atom. The molecule has 0 aliphatic rings. The van der Waals surface area contributed by atoms with Crippen molar-refractivity contribution in [2.45, 2.75) is 11.8 Å². The van der Waals surface area contributed by atoms with E-state index in [4.69, 9.17) is 0 Å². The number of carbonyl (C=O) groups excluding carboxylic acids is 1. The number of thiol groups is 1. The molecule has 0 bridgehead atoms. The van der Waals surface area contributed by atoms with Gasteiger partial charge in [0.2, 0.25) is 0 Å². The van der Waals surface area contributed by atoms with Crippen LogP contribution in [0.3, 0.4) is 0 Å². The number of carbonyl (C=O) groups is 1. The molecule has 4 aromatic carbocycles. The first kappa shape index (κ1) is 16.4. The van der Waals surface area contributed by atoms with Crippen molar-refractivity contribution in [1.82, 2.24) is 0 Å². The molecule has 124 valence electrons. The lowest BCUT2D eigenvalue weighted by Crippen LogP contribution is -1.92. The second-order valence-electron chi connectivity index (χ2n) is 6.26. The number of ketones is 1. The van der Waals surface area contributed by atoms with Crippen molar-refractivity contribution < 1.29 is 4.79 Å². The van der Waals surface area contributed by atoms with Crippen molar-refractivity contribution in [3.63, 3.8) is 0 Å². The van der Waals surface area contributed by atoms with Gasteiger partial charge in [-0.3, -0.25) is 4.79 Å². The van der Waals surface area contributed by atoms with E-state index in [9.17, 15) is 4.79 Å². The Morgan fingerprint density at radius 3 is 2.19 bits per heavy atom. The van der Waals surface area contributed by atoms with E-state index in [0.29, 0.717) is 5.56 Å². The van der Waals surface area contributed by atoms with Gasteiger partial charge in [0.1, 0.15) is 0 Å². The molecule has 0 atom stereocenters. The summed E-state index contributed by atoms with van der Waals surface area (Å²) in [7, 11) is 0. The summed E-state index contributed by atoms with van der Waals surface area (Å²) in [6.07, 6.45) is 0. The number of hydrogen-bond donors (Lipinski definition) is 1. The van der Waals surface area contributed by atoms with Crippen LogP contribution in [0.25, 0.3) is 21.5 Å². The smallest absolute Gasteiger partial charge is 0.159 e. The Balaban J connectivity index is 1.82. The number of benzene rings is 4. The van der Waals surface area contributed by atoms with Crippen LogP contribution < -0.4 is 0 Å². The highest BCUT2D eigenvalue weighted by molar-refractivity contribution is 7.80. The molecule has 4 aromatic rings. The van der Waals surface area contributed by atoms with Crippen LogP contribution in [0.15, 0.2) is 77.7 Å². The van der Waals surface area contributed by atoms with Crippen LogP contribution in [0.4, 0.5) is 0 Å². The van der Waals surface area contributed by atoms with Gasteiger partial charge in [-0.25, -0.2) is 0 Å². The van der Waals surface area contributed by atoms with Gasteiger partial charge in [0.05, 0.1) is 0 Å². The third-order valence-electron chi connectivity index (χ3n) is 4.48. The summed E-state index contributed by atoms with van der Waals surface area (Å²) >= 11 is 4.48. The number of rotatable bonds is 1. The number of fused-ring (bicyclic) bond motifs is 2. The van der Waals surface area contributed by atoms with Gasteiger partial charge < -0.3 is 0 Å². The van der Waals surface area contributed by atoms with Crippen molar-refractivity contribution in [3.8, 4) is 11.8 Å². The van der Waals surface area contributed by atoms with Gasteiger partial charge in [-0.05, 0) is 58.8 Å². The predicted octanol–water partition coefficient (Wildman–Crippen LogP) is 5.88. The van der Waals surface area contributed by atoms with Crippen molar-refractivity contribution in [1.29, 1.82) is 0 Å². The molecule has 0 N–H and O–H groups in total. The average Bonchev–Trinajstić information content (AvgIpc) is 2.65. The first-order valence-electron chi connectivity index (χ1n) is 8.39. The highest BCUT2D eigenvalue weighted by Gasteiger charge is 2.04. The Kier molecular flexibility index (Phi) is 4.24. The minimum absolute atomic E-state index is 0.0285. The first-order chi connectivity index (χ1) is 12.6. The molecule has 0 aromatic heterocycles. The van der Waals surface area contributed by atoms with Gasteiger partial charge in [0.15, 0.2) is 5.78 Å². The van der Waals surface area contributed by atoms with Crippen molar-refractivity contribution >= 4 is 40.0 Å². The lowest BCUT2D eigenvalue weighted by atomic mass is 9.99. The Hall–Kier alpha value is -3.02. The van der Waals surface area contributed by atoms with E-state index in [2.05, 4.69) is 60.9 Å². The summed E-state index contributed by atoms with van der Waals surface area (Å²) in [5, 5.41) is 4.74. The standard InChI is InChI=1S/C24H16OS/c1-16(25)19-12-11-18(24(26)15-19)10-9-17-7-4-8-22-13-20-5-2-3-6-21(20)14-23(17)22/h2-8,11-15,26H,1H3. The minimum Gasteiger partial charge on any atom is -0.295 e. The van der Waals surface area contributed by atoms with Crippen LogP contribution in [0, 0.1) is 11.8 Å². The predicted molar refractivity (Wildman–Crippen MR) is 111 cm³/mol. The molecule has 0 aliphatic carbocycles. The number of Topliss-reactive ketones (excluding diaryl/α,β-unsaturated/α-hetero) is 1. The van der Waals surface area contributed by atoms with Crippen LogP contribution in [0.5, 0.6) is 0 Å².